The van der Waals surface area contributed by atoms with Crippen molar-refractivity contribution in [3.05, 3.63) is 66.0 Å². The zero-order valence-electron chi connectivity index (χ0n) is 17.4. The molecular formula is C22H25FN2O5S. The van der Waals surface area contributed by atoms with Crippen LogP contribution >= 0.6 is 0 Å². The Bertz CT molecular complexity index is 1090. The number of halogens is 1. The van der Waals surface area contributed by atoms with Gasteiger partial charge in [-0.3, -0.25) is 4.79 Å². The Kier molecular flexibility index (Phi) is 6.97. The Labute approximate surface area is 181 Å². The summed E-state index contributed by atoms with van der Waals surface area (Å²) in [5.74, 6) is -0.0691. The number of hydrogen-bond acceptors (Lipinski definition) is 5. The maximum absolute atomic E-state index is 14.2. The second kappa shape index (κ2) is 9.49. The van der Waals surface area contributed by atoms with Crippen LogP contribution in [0.15, 0.2) is 53.9 Å². The summed E-state index contributed by atoms with van der Waals surface area (Å²) in [6, 6.07) is 8.52. The van der Waals surface area contributed by atoms with Gasteiger partial charge in [-0.2, -0.15) is 0 Å². The number of methoxy groups -OCH3 is 2. The van der Waals surface area contributed by atoms with E-state index >= 15 is 0 Å². The number of nitrogens with zero attached hydrogens (tertiary/aromatic N) is 1. The minimum atomic E-state index is -4.12. The largest absolute Gasteiger partial charge is 0.497 e. The zero-order valence-corrected chi connectivity index (χ0v) is 18.2. The van der Waals surface area contributed by atoms with Gasteiger partial charge in [0.1, 0.15) is 22.2 Å². The molecule has 2 aromatic carbocycles. The summed E-state index contributed by atoms with van der Waals surface area (Å²) < 4.78 is 52.0. The average Bonchev–Trinajstić information content (AvgIpc) is 3.26. The normalized spacial score (nSPS) is 16.2. The summed E-state index contributed by atoms with van der Waals surface area (Å²) in [7, 11) is -1.01. The van der Waals surface area contributed by atoms with E-state index < -0.39 is 20.7 Å². The molecule has 1 amide bonds. The van der Waals surface area contributed by atoms with Gasteiger partial charge >= 0.3 is 0 Å². The van der Waals surface area contributed by atoms with E-state index in [-0.39, 0.29) is 24.1 Å². The summed E-state index contributed by atoms with van der Waals surface area (Å²) in [5, 5.41) is 0. The molecule has 0 aromatic heterocycles. The van der Waals surface area contributed by atoms with E-state index in [1.165, 1.54) is 12.1 Å². The number of sulfonamides is 1. The number of benzene rings is 2. The number of amides is 1. The van der Waals surface area contributed by atoms with E-state index in [4.69, 9.17) is 9.47 Å². The van der Waals surface area contributed by atoms with Gasteiger partial charge in [-0.1, -0.05) is 6.08 Å². The molecule has 9 heteroatoms. The number of rotatable bonds is 8. The highest BCUT2D eigenvalue weighted by Crippen LogP contribution is 2.39. The molecular weight excluding hydrogens is 423 g/mol. The van der Waals surface area contributed by atoms with E-state index in [0.29, 0.717) is 18.0 Å². The van der Waals surface area contributed by atoms with Crippen LogP contribution in [0.1, 0.15) is 34.8 Å². The number of carbonyl (C=O) groups excluding carboxylic acids is 1. The maximum Gasteiger partial charge on any atom is 0.254 e. The third-order valence-corrected chi connectivity index (χ3v) is 6.64. The molecule has 1 aliphatic heterocycles. The number of ether oxygens (including phenoxy) is 2. The Morgan fingerprint density at radius 1 is 1.26 bits per heavy atom. The van der Waals surface area contributed by atoms with Crippen molar-refractivity contribution < 1.29 is 27.1 Å². The van der Waals surface area contributed by atoms with E-state index in [9.17, 15) is 17.6 Å². The Morgan fingerprint density at radius 2 is 2.03 bits per heavy atom. The van der Waals surface area contributed by atoms with Crippen LogP contribution in [0.25, 0.3) is 0 Å². The van der Waals surface area contributed by atoms with Crippen molar-refractivity contribution in [3.8, 4) is 11.5 Å². The van der Waals surface area contributed by atoms with Crippen molar-refractivity contribution in [2.45, 2.75) is 23.8 Å². The lowest BCUT2D eigenvalue weighted by Gasteiger charge is -2.27. The lowest BCUT2D eigenvalue weighted by atomic mass is 10.0. The summed E-state index contributed by atoms with van der Waals surface area (Å²) in [4.78, 5) is 14.4. The van der Waals surface area contributed by atoms with Gasteiger partial charge in [0, 0.05) is 30.3 Å². The number of carbonyl (C=O) groups is 1. The molecule has 3 rings (SSSR count). The van der Waals surface area contributed by atoms with E-state index in [2.05, 4.69) is 11.3 Å². The van der Waals surface area contributed by atoms with Crippen molar-refractivity contribution in [1.82, 2.24) is 9.62 Å². The molecule has 2 aromatic rings. The van der Waals surface area contributed by atoms with Gasteiger partial charge in [-0.05, 0) is 43.2 Å². The highest BCUT2D eigenvalue weighted by Gasteiger charge is 2.33. The molecule has 0 radical (unpaired) electrons. The van der Waals surface area contributed by atoms with Gasteiger partial charge in [0.15, 0.2) is 0 Å². The number of likely N-dealkylation sites (tertiary alicyclic amines) is 1. The zero-order chi connectivity index (χ0) is 22.6. The highest BCUT2D eigenvalue weighted by atomic mass is 32.2. The fourth-order valence-electron chi connectivity index (χ4n) is 3.68. The quantitative estimate of drug-likeness (QED) is 0.627. The number of nitrogens with one attached hydrogen (secondary N) is 1. The number of hydrogen-bond donors (Lipinski definition) is 1. The predicted octanol–water partition coefficient (Wildman–Crippen LogP) is 3.28. The van der Waals surface area contributed by atoms with Crippen LogP contribution in [0.4, 0.5) is 4.39 Å². The topological polar surface area (TPSA) is 84.9 Å². The van der Waals surface area contributed by atoms with Crippen LogP contribution in [0.2, 0.25) is 0 Å². The van der Waals surface area contributed by atoms with Gasteiger partial charge in [0.25, 0.3) is 5.91 Å². The van der Waals surface area contributed by atoms with Crippen molar-refractivity contribution in [2.24, 2.45) is 0 Å². The molecule has 7 nitrogen and oxygen atoms in total. The molecule has 166 valence electrons. The van der Waals surface area contributed by atoms with Crippen LogP contribution in [0.3, 0.4) is 0 Å². The molecule has 1 atom stereocenters. The molecule has 1 N–H and O–H groups in total. The summed E-state index contributed by atoms with van der Waals surface area (Å²) in [5.41, 5.74) is 0.927. The van der Waals surface area contributed by atoms with Crippen molar-refractivity contribution >= 4 is 15.9 Å². The Hall–Kier alpha value is -2.91. The average molecular weight is 449 g/mol. The molecule has 1 fully saturated rings. The first kappa shape index (κ1) is 22.8. The molecule has 1 unspecified atom stereocenters. The monoisotopic (exact) mass is 448 g/mol. The molecule has 1 aliphatic rings. The fraction of sp³-hybridized carbons (Fsp3) is 0.318. The third-order valence-electron chi connectivity index (χ3n) is 5.20. The first-order chi connectivity index (χ1) is 14.8. The van der Waals surface area contributed by atoms with Crippen LogP contribution in [0, 0.1) is 5.82 Å². The molecule has 1 saturated heterocycles. The molecule has 31 heavy (non-hydrogen) atoms. The summed E-state index contributed by atoms with van der Waals surface area (Å²) in [6.07, 6.45) is 2.85. The van der Waals surface area contributed by atoms with Crippen LogP contribution in [0.5, 0.6) is 11.5 Å². The van der Waals surface area contributed by atoms with Gasteiger partial charge < -0.3 is 14.4 Å². The van der Waals surface area contributed by atoms with Crippen molar-refractivity contribution in [3.63, 3.8) is 0 Å². The third kappa shape index (κ3) is 4.72. The van der Waals surface area contributed by atoms with Crippen LogP contribution in [-0.2, 0) is 10.0 Å². The van der Waals surface area contributed by atoms with Crippen LogP contribution in [-0.4, -0.2) is 46.5 Å². The fourth-order valence-corrected chi connectivity index (χ4v) is 4.78. The molecule has 0 saturated carbocycles. The Morgan fingerprint density at radius 3 is 2.71 bits per heavy atom. The first-order valence-corrected chi connectivity index (χ1v) is 11.2. The van der Waals surface area contributed by atoms with E-state index in [1.54, 1.807) is 31.3 Å². The van der Waals surface area contributed by atoms with Gasteiger partial charge in [0.05, 0.1) is 20.3 Å². The van der Waals surface area contributed by atoms with Gasteiger partial charge in [0.2, 0.25) is 10.0 Å². The lowest BCUT2D eigenvalue weighted by molar-refractivity contribution is 0.0734. The van der Waals surface area contributed by atoms with Crippen molar-refractivity contribution in [1.29, 1.82) is 0 Å². The minimum absolute atomic E-state index is 0.0502. The minimum Gasteiger partial charge on any atom is -0.497 e. The predicted molar refractivity (Wildman–Crippen MR) is 114 cm³/mol. The second-order valence-corrected chi connectivity index (χ2v) is 8.79. The highest BCUT2D eigenvalue weighted by molar-refractivity contribution is 7.89. The maximum atomic E-state index is 14.2. The summed E-state index contributed by atoms with van der Waals surface area (Å²) in [6.45, 7) is 3.88. The smallest absolute Gasteiger partial charge is 0.254 e. The molecule has 1 heterocycles. The van der Waals surface area contributed by atoms with E-state index in [0.717, 1.165) is 30.5 Å². The second-order valence-electron chi connectivity index (χ2n) is 7.05. The Balaban J connectivity index is 1.94. The summed E-state index contributed by atoms with van der Waals surface area (Å²) >= 11 is 0. The molecule has 0 spiro atoms. The molecule has 0 bridgehead atoms. The molecule has 0 aliphatic carbocycles. The SMILES string of the molecule is C=CCNS(=O)(=O)c1cc(C(=O)N2CCCC2c2ccc(OC)cc2OC)ccc1F. The van der Waals surface area contributed by atoms with Crippen LogP contribution < -0.4 is 14.2 Å². The van der Waals surface area contributed by atoms with Crippen molar-refractivity contribution in [2.75, 3.05) is 27.3 Å². The standard InChI is InChI=1S/C22H25FN2O5S/c1-4-11-24-31(27,28)21-13-15(7-10-18(21)23)22(26)25-12-5-6-19(25)17-9-8-16(29-2)14-20(17)30-3/h4,7-10,13-14,19,24H,1,5-6,11-12H2,2-3H3. The lowest BCUT2D eigenvalue weighted by Crippen LogP contribution is -2.31. The first-order valence-electron chi connectivity index (χ1n) is 9.75. The van der Waals surface area contributed by atoms with Gasteiger partial charge in [-0.15, -0.1) is 6.58 Å². The van der Waals surface area contributed by atoms with Gasteiger partial charge in [-0.25, -0.2) is 17.5 Å². The van der Waals surface area contributed by atoms with E-state index in [1.807, 2.05) is 6.07 Å².